The Morgan fingerprint density at radius 2 is 1.54 bits per heavy atom. The highest BCUT2D eigenvalue weighted by Crippen LogP contribution is 2.39. The van der Waals surface area contributed by atoms with E-state index in [1.807, 2.05) is 0 Å². The molecule has 0 unspecified atom stereocenters. The molecular formula is C23H14Cl2N8O3S. The Labute approximate surface area is 222 Å². The van der Waals surface area contributed by atoms with Crippen LogP contribution in [-0.4, -0.2) is 47.7 Å². The minimum atomic E-state index is -0.444. The van der Waals surface area contributed by atoms with Crippen LogP contribution in [0.15, 0.2) is 60.7 Å². The van der Waals surface area contributed by atoms with Crippen molar-refractivity contribution in [1.82, 2.24) is 30.8 Å². The molecule has 37 heavy (non-hydrogen) atoms. The Morgan fingerprint density at radius 1 is 0.865 bits per heavy atom. The summed E-state index contributed by atoms with van der Waals surface area (Å²) in [4.78, 5) is 25.3. The molecule has 0 saturated carbocycles. The number of carbonyl (C=O) groups excluding carboxylic acids is 2. The number of phenolic OH excluding ortho intramolecular Hbond substituents is 1. The summed E-state index contributed by atoms with van der Waals surface area (Å²) in [5, 5.41) is 38.2. The van der Waals surface area contributed by atoms with Gasteiger partial charge in [-0.2, -0.15) is 5.21 Å². The van der Waals surface area contributed by atoms with E-state index in [9.17, 15) is 14.7 Å². The summed E-state index contributed by atoms with van der Waals surface area (Å²) in [6.07, 6.45) is 0. The van der Waals surface area contributed by atoms with Crippen LogP contribution in [0, 0.1) is 0 Å². The molecule has 0 atom stereocenters. The van der Waals surface area contributed by atoms with Gasteiger partial charge in [-0.15, -0.1) is 20.4 Å². The number of aromatic hydroxyl groups is 1. The Kier molecular flexibility index (Phi) is 6.77. The van der Waals surface area contributed by atoms with Gasteiger partial charge in [-0.1, -0.05) is 34.5 Å². The SMILES string of the molecule is O=C(Nc1ccc(-c2nn[nH]n2)cc1)c1ccc(C(=O)Nc2nnc(-c3cc(Cl)cc(Cl)c3O)s2)cc1. The molecule has 184 valence electrons. The zero-order chi connectivity index (χ0) is 25.9. The van der Waals surface area contributed by atoms with Gasteiger partial charge in [0.2, 0.25) is 11.0 Å². The standard InChI is InChI=1S/C23H14Cl2N8O3S/c24-14-9-16(18(34)17(25)10-14)22-30-31-23(37-22)27-21(36)13-3-1-12(2-4-13)20(35)26-15-7-5-11(6-8-15)19-28-32-33-29-19/h1-10,34H,(H,26,35)(H,27,31,36)(H,28,29,32,33). The highest BCUT2D eigenvalue weighted by Gasteiger charge is 2.17. The number of benzene rings is 3. The fourth-order valence-electron chi connectivity index (χ4n) is 3.24. The Balaban J connectivity index is 1.22. The van der Waals surface area contributed by atoms with Crippen LogP contribution < -0.4 is 10.6 Å². The number of hydrogen-bond donors (Lipinski definition) is 4. The fourth-order valence-corrected chi connectivity index (χ4v) is 4.49. The van der Waals surface area contributed by atoms with Crippen LogP contribution in [0.1, 0.15) is 20.7 Å². The zero-order valence-corrected chi connectivity index (χ0v) is 20.8. The van der Waals surface area contributed by atoms with Gasteiger partial charge in [0.25, 0.3) is 11.8 Å². The third-order valence-electron chi connectivity index (χ3n) is 5.06. The van der Waals surface area contributed by atoms with Crippen LogP contribution in [0.2, 0.25) is 10.0 Å². The molecule has 0 aliphatic carbocycles. The second-order valence-corrected chi connectivity index (χ2v) is 9.32. The van der Waals surface area contributed by atoms with Gasteiger partial charge in [0.15, 0.2) is 5.01 Å². The number of tetrazole rings is 1. The zero-order valence-electron chi connectivity index (χ0n) is 18.4. The summed E-state index contributed by atoms with van der Waals surface area (Å²) in [6, 6.07) is 16.0. The molecule has 3 aromatic carbocycles. The maximum Gasteiger partial charge on any atom is 0.257 e. The molecule has 2 aromatic heterocycles. The summed E-state index contributed by atoms with van der Waals surface area (Å²) < 4.78 is 0. The Bertz CT molecular complexity index is 1590. The van der Waals surface area contributed by atoms with Crippen LogP contribution in [0.5, 0.6) is 5.75 Å². The highest BCUT2D eigenvalue weighted by molar-refractivity contribution is 7.18. The maximum atomic E-state index is 12.7. The lowest BCUT2D eigenvalue weighted by Crippen LogP contribution is -2.14. The molecule has 0 aliphatic rings. The predicted molar refractivity (Wildman–Crippen MR) is 139 cm³/mol. The Morgan fingerprint density at radius 3 is 2.19 bits per heavy atom. The number of amides is 2. The second kappa shape index (κ2) is 10.3. The molecule has 0 spiro atoms. The van der Waals surface area contributed by atoms with E-state index in [1.54, 1.807) is 24.3 Å². The van der Waals surface area contributed by atoms with Crippen molar-refractivity contribution < 1.29 is 14.7 Å². The van der Waals surface area contributed by atoms with Crippen molar-refractivity contribution in [2.24, 2.45) is 0 Å². The quantitative estimate of drug-likeness (QED) is 0.231. The molecule has 0 bridgehead atoms. The minimum Gasteiger partial charge on any atom is -0.506 e. The molecule has 2 amide bonds. The van der Waals surface area contributed by atoms with Crippen molar-refractivity contribution in [3.05, 3.63) is 81.8 Å². The summed E-state index contributed by atoms with van der Waals surface area (Å²) >= 11 is 13.0. The van der Waals surface area contributed by atoms with E-state index in [0.29, 0.717) is 38.2 Å². The molecule has 5 aromatic rings. The number of hydrogen-bond acceptors (Lipinski definition) is 9. The number of nitrogens with zero attached hydrogens (tertiary/aromatic N) is 5. The van der Waals surface area contributed by atoms with Crippen LogP contribution in [0.25, 0.3) is 22.0 Å². The average Bonchev–Trinajstić information content (AvgIpc) is 3.59. The molecular weight excluding hydrogens is 539 g/mol. The second-order valence-electron chi connectivity index (χ2n) is 7.49. The third kappa shape index (κ3) is 5.40. The van der Waals surface area contributed by atoms with Gasteiger partial charge in [0.1, 0.15) is 5.75 Å². The minimum absolute atomic E-state index is 0.0771. The van der Waals surface area contributed by atoms with Crippen molar-refractivity contribution in [3.63, 3.8) is 0 Å². The van der Waals surface area contributed by atoms with Gasteiger partial charge in [-0.05, 0) is 65.9 Å². The van der Waals surface area contributed by atoms with Crippen molar-refractivity contribution in [1.29, 1.82) is 0 Å². The molecule has 5 rings (SSSR count). The molecule has 4 N–H and O–H groups in total. The van der Waals surface area contributed by atoms with Gasteiger partial charge in [0, 0.05) is 27.4 Å². The number of phenols is 1. The first-order valence-corrected chi connectivity index (χ1v) is 12.0. The molecule has 11 nitrogen and oxygen atoms in total. The number of aromatic amines is 1. The van der Waals surface area contributed by atoms with Crippen LogP contribution >= 0.6 is 34.5 Å². The highest BCUT2D eigenvalue weighted by atomic mass is 35.5. The van der Waals surface area contributed by atoms with E-state index in [1.165, 1.54) is 36.4 Å². The molecule has 0 radical (unpaired) electrons. The number of aromatic nitrogens is 6. The average molecular weight is 553 g/mol. The van der Waals surface area contributed by atoms with Crippen molar-refractivity contribution >= 4 is 57.2 Å². The fraction of sp³-hybridized carbons (Fsp3) is 0. The van der Waals surface area contributed by atoms with Gasteiger partial charge < -0.3 is 10.4 Å². The van der Waals surface area contributed by atoms with Gasteiger partial charge in [0.05, 0.1) is 10.6 Å². The lowest BCUT2D eigenvalue weighted by molar-refractivity contribution is 0.101. The lowest BCUT2D eigenvalue weighted by atomic mass is 10.1. The number of rotatable bonds is 6. The molecule has 2 heterocycles. The van der Waals surface area contributed by atoms with Crippen LogP contribution in [-0.2, 0) is 0 Å². The first kappa shape index (κ1) is 24.3. The summed E-state index contributed by atoms with van der Waals surface area (Å²) in [6.45, 7) is 0. The largest absolute Gasteiger partial charge is 0.506 e. The van der Waals surface area contributed by atoms with Crippen LogP contribution in [0.4, 0.5) is 10.8 Å². The topological polar surface area (TPSA) is 159 Å². The van der Waals surface area contributed by atoms with E-state index in [0.717, 1.165) is 16.9 Å². The maximum absolute atomic E-state index is 12.7. The normalized spacial score (nSPS) is 10.8. The number of carbonyl (C=O) groups is 2. The van der Waals surface area contributed by atoms with E-state index >= 15 is 0 Å². The van der Waals surface area contributed by atoms with Crippen molar-refractivity contribution in [2.75, 3.05) is 10.6 Å². The number of H-pyrrole nitrogens is 1. The smallest absolute Gasteiger partial charge is 0.257 e. The first-order valence-electron chi connectivity index (χ1n) is 10.5. The van der Waals surface area contributed by atoms with E-state index < -0.39 is 5.91 Å². The molecule has 0 fully saturated rings. The predicted octanol–water partition coefficient (Wildman–Crippen LogP) is 4.90. The first-order chi connectivity index (χ1) is 17.9. The van der Waals surface area contributed by atoms with Crippen molar-refractivity contribution in [2.45, 2.75) is 0 Å². The Hall–Kier alpha value is -4.39. The number of anilines is 2. The van der Waals surface area contributed by atoms with E-state index in [4.69, 9.17) is 23.2 Å². The number of nitrogens with one attached hydrogen (secondary N) is 3. The monoisotopic (exact) mass is 552 g/mol. The number of halogens is 2. The van der Waals surface area contributed by atoms with Gasteiger partial charge in [-0.25, -0.2) is 0 Å². The summed E-state index contributed by atoms with van der Waals surface area (Å²) in [5.41, 5.74) is 2.31. The van der Waals surface area contributed by atoms with Crippen LogP contribution in [0.3, 0.4) is 0 Å². The van der Waals surface area contributed by atoms with E-state index in [2.05, 4.69) is 41.5 Å². The van der Waals surface area contributed by atoms with E-state index in [-0.39, 0.29) is 21.8 Å². The lowest BCUT2D eigenvalue weighted by Gasteiger charge is -2.07. The van der Waals surface area contributed by atoms with Crippen molar-refractivity contribution in [3.8, 4) is 27.7 Å². The molecule has 0 aliphatic heterocycles. The summed E-state index contributed by atoms with van der Waals surface area (Å²) in [7, 11) is 0. The van der Waals surface area contributed by atoms with Gasteiger partial charge >= 0.3 is 0 Å². The van der Waals surface area contributed by atoms with Gasteiger partial charge in [-0.3, -0.25) is 14.9 Å². The molecule has 0 saturated heterocycles. The summed E-state index contributed by atoms with van der Waals surface area (Å²) in [5.74, 6) is -0.520. The third-order valence-corrected chi connectivity index (χ3v) is 6.44. The molecule has 14 heteroatoms.